The van der Waals surface area contributed by atoms with Crippen molar-refractivity contribution in [3.63, 3.8) is 0 Å². The summed E-state index contributed by atoms with van der Waals surface area (Å²) >= 11 is 1.37. The van der Waals surface area contributed by atoms with Crippen LogP contribution in [0.15, 0.2) is 41.6 Å². The van der Waals surface area contributed by atoms with Crippen LogP contribution in [-0.4, -0.2) is 54.7 Å². The molecule has 2 saturated heterocycles. The predicted octanol–water partition coefficient (Wildman–Crippen LogP) is 5.20. The molecule has 3 aliphatic rings. The van der Waals surface area contributed by atoms with Crippen LogP contribution in [0.4, 0.5) is 10.2 Å². The first-order chi connectivity index (χ1) is 17.2. The molecule has 2 aliphatic heterocycles. The third-order valence-corrected chi connectivity index (χ3v) is 8.53. The minimum atomic E-state index is -0.548. The average Bonchev–Trinajstić information content (AvgIpc) is 3.64. The van der Waals surface area contributed by atoms with Gasteiger partial charge in [-0.15, -0.1) is 22.0 Å². The zero-order chi connectivity index (χ0) is 25.1. The number of rotatable bonds is 6. The van der Waals surface area contributed by atoms with E-state index in [0.29, 0.717) is 39.6 Å². The van der Waals surface area contributed by atoms with Gasteiger partial charge in [0.25, 0.3) is 0 Å². The largest absolute Gasteiger partial charge is 0.507 e. The zero-order valence-electron chi connectivity index (χ0n) is 20.8. The van der Waals surface area contributed by atoms with Gasteiger partial charge in [0.05, 0.1) is 16.8 Å². The number of anilines is 1. The van der Waals surface area contributed by atoms with Gasteiger partial charge in [-0.25, -0.2) is 9.97 Å². The number of phenolic OH excluding ortho intramolecular Hbond substituents is 1. The van der Waals surface area contributed by atoms with Crippen molar-refractivity contribution in [3.8, 4) is 28.3 Å². The fourth-order valence-corrected chi connectivity index (χ4v) is 6.62. The van der Waals surface area contributed by atoms with Crippen LogP contribution in [0.3, 0.4) is 0 Å². The lowest BCUT2D eigenvalue weighted by atomic mass is 9.84. The van der Waals surface area contributed by atoms with Crippen molar-refractivity contribution in [2.45, 2.75) is 80.6 Å². The number of phenols is 1. The Kier molecular flexibility index (Phi) is 5.68. The maximum atomic E-state index is 13.9. The summed E-state index contributed by atoms with van der Waals surface area (Å²) in [5.41, 5.74) is 2.19. The van der Waals surface area contributed by atoms with Crippen LogP contribution >= 0.6 is 11.8 Å². The molecule has 3 fully saturated rings. The predicted molar refractivity (Wildman–Crippen MR) is 140 cm³/mol. The average molecular weight is 507 g/mol. The first-order valence-corrected chi connectivity index (χ1v) is 13.8. The number of aromatic hydroxyl groups is 1. The molecule has 1 saturated carbocycles. The van der Waals surface area contributed by atoms with Crippen molar-refractivity contribution >= 4 is 17.6 Å². The summed E-state index contributed by atoms with van der Waals surface area (Å²) in [6, 6.07) is 9.27. The molecule has 0 amide bonds. The summed E-state index contributed by atoms with van der Waals surface area (Å²) in [7, 11) is 0. The molecular formula is C27H31FN6OS. The fourth-order valence-electron chi connectivity index (χ4n) is 6.20. The Morgan fingerprint density at radius 3 is 2.39 bits per heavy atom. The maximum absolute atomic E-state index is 13.9. The highest BCUT2D eigenvalue weighted by Crippen LogP contribution is 2.46. The monoisotopic (exact) mass is 506 g/mol. The lowest BCUT2D eigenvalue weighted by Gasteiger charge is -2.46. The van der Waals surface area contributed by atoms with E-state index in [0.717, 1.165) is 18.7 Å². The van der Waals surface area contributed by atoms with Crippen LogP contribution < -0.4 is 10.2 Å². The summed E-state index contributed by atoms with van der Waals surface area (Å²) < 4.78 is 13.9. The minimum Gasteiger partial charge on any atom is -0.507 e. The zero-order valence-corrected chi connectivity index (χ0v) is 21.6. The molecular weight excluding hydrogens is 475 g/mol. The highest BCUT2D eigenvalue weighted by atomic mass is 32.2. The highest BCUT2D eigenvalue weighted by molar-refractivity contribution is 7.98. The van der Waals surface area contributed by atoms with Crippen LogP contribution in [-0.2, 0) is 0 Å². The third kappa shape index (κ3) is 4.43. The smallest absolute Gasteiger partial charge is 0.214 e. The number of hydrogen-bond acceptors (Lipinski definition) is 8. The second-order valence-electron chi connectivity index (χ2n) is 11.0. The Morgan fingerprint density at radius 2 is 1.78 bits per heavy atom. The van der Waals surface area contributed by atoms with Crippen molar-refractivity contribution in [1.29, 1.82) is 0 Å². The van der Waals surface area contributed by atoms with E-state index in [1.165, 1.54) is 43.5 Å². The van der Waals surface area contributed by atoms with Gasteiger partial charge in [0.15, 0.2) is 11.6 Å². The topological polar surface area (TPSA) is 87.1 Å². The van der Waals surface area contributed by atoms with E-state index in [1.807, 2.05) is 12.3 Å². The molecule has 3 atom stereocenters. The molecule has 1 aromatic carbocycles. The van der Waals surface area contributed by atoms with Gasteiger partial charge in [-0.05, 0) is 88.0 Å². The number of nitrogens with zero attached hydrogens (tertiary/aromatic N) is 5. The van der Waals surface area contributed by atoms with Gasteiger partial charge in [0, 0.05) is 29.2 Å². The number of thioether (sulfide) groups is 1. The first kappa shape index (κ1) is 23.6. The van der Waals surface area contributed by atoms with E-state index in [9.17, 15) is 9.50 Å². The number of hydrogen-bond donors (Lipinski definition) is 2. The molecule has 1 aliphatic carbocycles. The Morgan fingerprint density at radius 1 is 1.03 bits per heavy atom. The van der Waals surface area contributed by atoms with E-state index in [1.54, 1.807) is 24.4 Å². The van der Waals surface area contributed by atoms with Gasteiger partial charge >= 0.3 is 0 Å². The molecule has 3 aromatic rings. The summed E-state index contributed by atoms with van der Waals surface area (Å²) in [6.45, 7) is 4.69. The van der Waals surface area contributed by atoms with Crippen LogP contribution in [0.2, 0.25) is 0 Å². The Hall–Kier alpha value is -2.78. The molecule has 0 radical (unpaired) electrons. The first-order valence-electron chi connectivity index (χ1n) is 12.6. The second kappa shape index (κ2) is 8.66. The number of fused-ring (bicyclic) bond motifs is 2. The van der Waals surface area contributed by atoms with Crippen LogP contribution in [0.1, 0.15) is 52.4 Å². The molecule has 7 nitrogen and oxygen atoms in total. The lowest BCUT2D eigenvalue weighted by Crippen LogP contribution is -2.59. The number of pyridine rings is 1. The highest BCUT2D eigenvalue weighted by Gasteiger charge is 2.51. The molecule has 2 bridgehead atoms. The summed E-state index contributed by atoms with van der Waals surface area (Å²) in [6.07, 6.45) is 10.6. The second-order valence-corrected chi connectivity index (χ2v) is 11.9. The van der Waals surface area contributed by atoms with Crippen molar-refractivity contribution in [2.24, 2.45) is 0 Å². The van der Waals surface area contributed by atoms with Gasteiger partial charge in [-0.2, -0.15) is 4.39 Å². The molecule has 4 heterocycles. The number of halogens is 1. The lowest BCUT2D eigenvalue weighted by molar-refractivity contribution is 0.203. The molecule has 36 heavy (non-hydrogen) atoms. The number of nitrogens with one attached hydrogen (secondary N) is 1. The quantitative estimate of drug-likeness (QED) is 0.349. The Bertz CT molecular complexity index is 1280. The van der Waals surface area contributed by atoms with E-state index in [2.05, 4.69) is 44.2 Å². The fraction of sp³-hybridized carbons (Fsp3) is 0.481. The van der Waals surface area contributed by atoms with Gasteiger partial charge in [-0.3, -0.25) is 0 Å². The molecule has 2 N–H and O–H groups in total. The SMILES string of the molecule is CSc1cc(-c2ccc(-c3ncc(N(C4CC4)C4C[C@]5(C)CC[C@](C)(C4)N5)nn3)c(O)c2)cc(F)n1. The Balaban J connectivity index is 1.26. The molecule has 9 heteroatoms. The normalized spacial score (nSPS) is 27.3. The summed E-state index contributed by atoms with van der Waals surface area (Å²) in [4.78, 5) is 10.9. The van der Waals surface area contributed by atoms with Gasteiger partial charge in [0.2, 0.25) is 5.95 Å². The summed E-state index contributed by atoms with van der Waals surface area (Å²) in [5.74, 6) is 0.662. The Labute approximate surface area is 215 Å². The molecule has 6 rings (SSSR count). The van der Waals surface area contributed by atoms with Crippen molar-refractivity contribution in [1.82, 2.24) is 25.5 Å². The van der Waals surface area contributed by atoms with E-state index in [-0.39, 0.29) is 16.8 Å². The van der Waals surface area contributed by atoms with Crippen LogP contribution in [0, 0.1) is 5.95 Å². The number of piperidine rings is 1. The van der Waals surface area contributed by atoms with E-state index >= 15 is 0 Å². The molecule has 2 aromatic heterocycles. The van der Waals surface area contributed by atoms with Gasteiger partial charge < -0.3 is 15.3 Å². The number of aromatic nitrogens is 4. The van der Waals surface area contributed by atoms with Crippen molar-refractivity contribution in [3.05, 3.63) is 42.5 Å². The minimum absolute atomic E-state index is 0.0276. The molecule has 0 spiro atoms. The van der Waals surface area contributed by atoms with Crippen molar-refractivity contribution in [2.75, 3.05) is 11.2 Å². The van der Waals surface area contributed by atoms with Crippen molar-refractivity contribution < 1.29 is 9.50 Å². The standard InChI is InChI=1S/C27H31FN6OS/c1-26-8-9-27(2,33-26)14-19(13-26)34(18-5-6-18)23-15-29-25(32-31-23)20-7-4-16(10-21(20)35)17-11-22(28)30-24(12-17)36-3/h4,7,10-12,15,18-19,33,35H,5-6,8-9,13-14H2,1-3H3/t19?,26-,27+. The van der Waals surface area contributed by atoms with Gasteiger partial charge in [-0.1, -0.05) is 6.07 Å². The van der Waals surface area contributed by atoms with E-state index in [4.69, 9.17) is 0 Å². The van der Waals surface area contributed by atoms with Crippen LogP contribution in [0.5, 0.6) is 5.75 Å². The van der Waals surface area contributed by atoms with E-state index < -0.39 is 5.95 Å². The molecule has 188 valence electrons. The summed E-state index contributed by atoms with van der Waals surface area (Å²) in [5, 5.41) is 24.2. The third-order valence-electron chi connectivity index (χ3n) is 7.90. The number of benzene rings is 1. The molecule has 1 unspecified atom stereocenters. The van der Waals surface area contributed by atoms with Crippen LogP contribution in [0.25, 0.3) is 22.5 Å². The van der Waals surface area contributed by atoms with Gasteiger partial charge in [0.1, 0.15) is 5.75 Å². The maximum Gasteiger partial charge on any atom is 0.214 e.